The second-order valence-electron chi connectivity index (χ2n) is 3.81. The lowest BCUT2D eigenvalue weighted by Gasteiger charge is -2.14. The van der Waals surface area contributed by atoms with Crippen molar-refractivity contribution in [3.63, 3.8) is 0 Å². The van der Waals surface area contributed by atoms with Gasteiger partial charge in [0.2, 0.25) is 0 Å². The first-order valence-electron chi connectivity index (χ1n) is 5.52. The van der Waals surface area contributed by atoms with E-state index in [0.29, 0.717) is 16.8 Å². The van der Waals surface area contributed by atoms with Crippen molar-refractivity contribution in [3.8, 4) is 11.1 Å². The van der Waals surface area contributed by atoms with Gasteiger partial charge in [-0.3, -0.25) is 14.3 Å². The van der Waals surface area contributed by atoms with Crippen LogP contribution >= 0.6 is 0 Å². The number of rotatable bonds is 5. The van der Waals surface area contributed by atoms with Crippen LogP contribution in [0.15, 0.2) is 48.5 Å². The van der Waals surface area contributed by atoms with Crippen LogP contribution in [-0.2, 0) is 11.3 Å². The average molecular weight is 292 g/mol. The lowest BCUT2D eigenvalue weighted by Crippen LogP contribution is -2.23. The fourth-order valence-corrected chi connectivity index (χ4v) is 1.92. The maximum absolute atomic E-state index is 10.8. The van der Waals surface area contributed by atoms with Crippen LogP contribution in [0, 0.1) is 10.1 Å². The van der Waals surface area contributed by atoms with Gasteiger partial charge < -0.3 is 9.98 Å². The molecule has 0 heterocycles. The van der Waals surface area contributed by atoms with Crippen molar-refractivity contribution in [1.82, 2.24) is 4.83 Å². The quantitative estimate of drug-likeness (QED) is 0.497. The molecule has 8 heteroatoms. The number of para-hydroxylation sites is 1. The summed E-state index contributed by atoms with van der Waals surface area (Å²) in [5.41, 5.74) is 4.25. The third-order valence-corrected chi connectivity index (χ3v) is 2.83. The summed E-state index contributed by atoms with van der Waals surface area (Å²) in [5, 5.41) is 10.8. The van der Waals surface area contributed by atoms with E-state index >= 15 is 0 Å². The highest BCUT2D eigenvalue weighted by molar-refractivity contribution is 7.77. The van der Waals surface area contributed by atoms with Crippen LogP contribution in [0.1, 0.15) is 0 Å². The van der Waals surface area contributed by atoms with Gasteiger partial charge in [-0.25, -0.2) is 0 Å². The number of hydrazine groups is 1. The summed E-state index contributed by atoms with van der Waals surface area (Å²) >= 11 is -2.46. The Labute approximate surface area is 117 Å². The van der Waals surface area contributed by atoms with Gasteiger partial charge in [-0.15, -0.1) is 0 Å². The molecule has 0 bridgehead atoms. The lowest BCUT2D eigenvalue weighted by molar-refractivity contribution is -0.384. The number of hydrogen-bond acceptors (Lipinski definition) is 5. The Morgan fingerprint density at radius 2 is 1.85 bits per heavy atom. The molecule has 0 spiro atoms. The molecule has 0 aliphatic carbocycles. The highest BCUT2D eigenvalue weighted by atomic mass is 32.2. The van der Waals surface area contributed by atoms with Gasteiger partial charge in [0.1, 0.15) is 0 Å². The zero-order chi connectivity index (χ0) is 14.5. The SMILES string of the molecule is O=[N+]([O-])c1cccc(-c2ccccc2NNS(=O)[O-])c1. The standard InChI is InChI=1S/C12H11N3O4S/c16-15(17)10-5-3-4-9(8-10)11-6-1-2-7-12(11)13-14-20(18)19/h1-8,13-14H,(H,18,19)/p-1. The summed E-state index contributed by atoms with van der Waals surface area (Å²) < 4.78 is 21.0. The summed E-state index contributed by atoms with van der Waals surface area (Å²) in [5.74, 6) is 0. The Morgan fingerprint density at radius 1 is 1.10 bits per heavy atom. The number of anilines is 1. The van der Waals surface area contributed by atoms with Gasteiger partial charge in [-0.2, -0.15) is 4.83 Å². The smallest absolute Gasteiger partial charge is 0.270 e. The molecule has 0 aliphatic rings. The molecule has 2 rings (SSSR count). The summed E-state index contributed by atoms with van der Waals surface area (Å²) in [6, 6.07) is 13.0. The third-order valence-electron chi connectivity index (χ3n) is 2.56. The fraction of sp³-hybridized carbons (Fsp3) is 0. The van der Waals surface area contributed by atoms with Crippen molar-refractivity contribution in [2.75, 3.05) is 5.43 Å². The van der Waals surface area contributed by atoms with Gasteiger partial charge in [0.15, 0.2) is 0 Å². The van der Waals surface area contributed by atoms with Gasteiger partial charge in [0, 0.05) is 29.0 Å². The maximum atomic E-state index is 10.8. The molecule has 0 aliphatic heterocycles. The predicted octanol–water partition coefficient (Wildman–Crippen LogP) is 1.97. The van der Waals surface area contributed by atoms with Gasteiger partial charge in [0.05, 0.1) is 10.6 Å². The minimum atomic E-state index is -2.46. The molecule has 0 fully saturated rings. The van der Waals surface area contributed by atoms with Crippen LogP contribution in [0.2, 0.25) is 0 Å². The van der Waals surface area contributed by atoms with Crippen LogP contribution in [0.3, 0.4) is 0 Å². The van der Waals surface area contributed by atoms with Crippen molar-refractivity contribution < 1.29 is 13.7 Å². The molecule has 1 atom stereocenters. The molecule has 104 valence electrons. The van der Waals surface area contributed by atoms with E-state index in [1.165, 1.54) is 12.1 Å². The Kier molecular flexibility index (Phi) is 4.41. The van der Waals surface area contributed by atoms with Crippen molar-refractivity contribution >= 4 is 22.6 Å². The van der Waals surface area contributed by atoms with E-state index in [0.717, 1.165) is 0 Å². The number of hydrogen-bond donors (Lipinski definition) is 2. The highest BCUT2D eigenvalue weighted by Crippen LogP contribution is 2.29. The lowest BCUT2D eigenvalue weighted by atomic mass is 10.0. The first kappa shape index (κ1) is 14.1. The molecule has 0 amide bonds. The largest absolute Gasteiger partial charge is 0.759 e. The topological polar surface area (TPSA) is 107 Å². The Bertz CT molecular complexity index is 663. The summed E-state index contributed by atoms with van der Waals surface area (Å²) in [6.07, 6.45) is 0. The molecule has 0 saturated heterocycles. The molecule has 0 saturated carbocycles. The first-order chi connectivity index (χ1) is 9.58. The minimum absolute atomic E-state index is 0.0299. The van der Waals surface area contributed by atoms with Crippen molar-refractivity contribution in [3.05, 3.63) is 58.6 Å². The Balaban J connectivity index is 2.39. The summed E-state index contributed by atoms with van der Waals surface area (Å²) in [4.78, 5) is 12.3. The van der Waals surface area contributed by atoms with Gasteiger partial charge >= 0.3 is 0 Å². The van der Waals surface area contributed by atoms with Crippen molar-refractivity contribution in [2.24, 2.45) is 0 Å². The van der Waals surface area contributed by atoms with Crippen molar-refractivity contribution in [1.29, 1.82) is 0 Å². The van der Waals surface area contributed by atoms with Crippen LogP contribution in [0.25, 0.3) is 11.1 Å². The van der Waals surface area contributed by atoms with Crippen LogP contribution in [0.5, 0.6) is 0 Å². The molecule has 7 nitrogen and oxygen atoms in total. The number of nitro groups is 1. The number of non-ortho nitro benzene ring substituents is 1. The van der Waals surface area contributed by atoms with E-state index in [9.17, 15) is 18.9 Å². The zero-order valence-electron chi connectivity index (χ0n) is 10.1. The predicted molar refractivity (Wildman–Crippen MR) is 74.2 cm³/mol. The number of benzene rings is 2. The van der Waals surface area contributed by atoms with Gasteiger partial charge in [0.25, 0.3) is 5.69 Å². The molecule has 2 aromatic rings. The maximum Gasteiger partial charge on any atom is 0.270 e. The van der Waals surface area contributed by atoms with Gasteiger partial charge in [-0.1, -0.05) is 30.3 Å². The molecular formula is C12H10N3O4S-. The van der Waals surface area contributed by atoms with E-state index in [1.807, 2.05) is 4.83 Å². The Hall–Kier alpha value is -2.29. The van der Waals surface area contributed by atoms with Crippen LogP contribution in [0.4, 0.5) is 11.4 Å². The minimum Gasteiger partial charge on any atom is -0.759 e. The average Bonchev–Trinajstić information content (AvgIpc) is 2.45. The molecule has 20 heavy (non-hydrogen) atoms. The zero-order valence-corrected chi connectivity index (χ0v) is 10.9. The number of nitrogens with zero attached hydrogens (tertiary/aromatic N) is 1. The third kappa shape index (κ3) is 3.38. The molecule has 2 N–H and O–H groups in total. The van der Waals surface area contributed by atoms with E-state index in [2.05, 4.69) is 5.43 Å². The van der Waals surface area contributed by atoms with Crippen LogP contribution < -0.4 is 10.3 Å². The molecule has 2 aromatic carbocycles. The second kappa shape index (κ2) is 6.24. The fourth-order valence-electron chi connectivity index (χ4n) is 1.73. The summed E-state index contributed by atoms with van der Waals surface area (Å²) in [6.45, 7) is 0. The Morgan fingerprint density at radius 3 is 2.55 bits per heavy atom. The van der Waals surface area contributed by atoms with E-state index in [-0.39, 0.29) is 5.69 Å². The molecular weight excluding hydrogens is 282 g/mol. The van der Waals surface area contributed by atoms with E-state index in [4.69, 9.17) is 0 Å². The monoisotopic (exact) mass is 292 g/mol. The number of nitro benzene ring substituents is 1. The number of nitrogens with one attached hydrogen (secondary N) is 2. The van der Waals surface area contributed by atoms with Crippen LogP contribution in [-0.4, -0.2) is 13.7 Å². The first-order valence-corrected chi connectivity index (χ1v) is 6.60. The van der Waals surface area contributed by atoms with E-state index in [1.54, 1.807) is 36.4 Å². The normalized spacial score (nSPS) is 11.8. The highest BCUT2D eigenvalue weighted by Gasteiger charge is 2.09. The molecule has 0 aromatic heterocycles. The second-order valence-corrected chi connectivity index (χ2v) is 4.49. The van der Waals surface area contributed by atoms with E-state index < -0.39 is 16.2 Å². The molecule has 1 unspecified atom stereocenters. The van der Waals surface area contributed by atoms with Crippen molar-refractivity contribution in [2.45, 2.75) is 0 Å². The molecule has 0 radical (unpaired) electrons. The van der Waals surface area contributed by atoms with Gasteiger partial charge in [-0.05, 0) is 11.6 Å². The summed E-state index contributed by atoms with van der Waals surface area (Å²) in [7, 11) is 0.